The predicted molar refractivity (Wildman–Crippen MR) is 100 cm³/mol. The van der Waals surface area contributed by atoms with E-state index in [0.29, 0.717) is 16.1 Å². The molecule has 3 rings (SSSR count). The van der Waals surface area contributed by atoms with Crippen LogP contribution >= 0.6 is 35.0 Å². The molecule has 0 fully saturated rings. The molecule has 0 aliphatic rings. The van der Waals surface area contributed by atoms with E-state index in [-0.39, 0.29) is 22.5 Å². The van der Waals surface area contributed by atoms with E-state index in [4.69, 9.17) is 29.0 Å². The molecule has 9 nitrogen and oxygen atoms in total. The summed E-state index contributed by atoms with van der Waals surface area (Å²) in [7, 11) is 0. The van der Waals surface area contributed by atoms with E-state index in [1.54, 1.807) is 4.68 Å². The fourth-order valence-corrected chi connectivity index (χ4v) is 3.23. The first kappa shape index (κ1) is 18.5. The second kappa shape index (κ2) is 7.52. The average Bonchev–Trinajstić information content (AvgIpc) is 3.10. The highest BCUT2D eigenvalue weighted by atomic mass is 35.5. The van der Waals surface area contributed by atoms with Crippen molar-refractivity contribution in [1.82, 2.24) is 29.6 Å². The van der Waals surface area contributed by atoms with E-state index in [1.165, 1.54) is 16.9 Å². The van der Waals surface area contributed by atoms with Crippen molar-refractivity contribution in [1.29, 1.82) is 0 Å². The summed E-state index contributed by atoms with van der Waals surface area (Å²) in [6.45, 7) is 3.76. The Kier molecular flexibility index (Phi) is 5.35. The Bertz CT molecular complexity index is 970. The fraction of sp³-hybridized carbons (Fsp3) is 0.214. The molecule has 0 saturated carbocycles. The van der Waals surface area contributed by atoms with E-state index in [1.807, 2.05) is 19.9 Å². The van der Waals surface area contributed by atoms with Crippen LogP contribution in [0.1, 0.15) is 11.4 Å². The second-order valence-electron chi connectivity index (χ2n) is 5.31. The van der Waals surface area contributed by atoms with Crippen molar-refractivity contribution in [3.63, 3.8) is 0 Å². The van der Waals surface area contributed by atoms with Crippen molar-refractivity contribution >= 4 is 46.7 Å². The molecule has 0 bridgehead atoms. The third-order valence-corrected chi connectivity index (χ3v) is 4.68. The first-order valence-electron chi connectivity index (χ1n) is 7.33. The molecular formula is C14H14Cl2N8OS. The van der Waals surface area contributed by atoms with E-state index >= 15 is 0 Å². The minimum Gasteiger partial charge on any atom is -0.334 e. The average molecular weight is 413 g/mol. The van der Waals surface area contributed by atoms with Crippen LogP contribution in [0, 0.1) is 13.8 Å². The number of halogens is 2. The third kappa shape index (κ3) is 3.92. The molecule has 1 amide bonds. The van der Waals surface area contributed by atoms with E-state index in [9.17, 15) is 4.79 Å². The molecule has 136 valence electrons. The van der Waals surface area contributed by atoms with Crippen LogP contribution in [-0.4, -0.2) is 41.3 Å². The minimum absolute atomic E-state index is 0.0487. The van der Waals surface area contributed by atoms with Gasteiger partial charge in [-0.3, -0.25) is 4.79 Å². The van der Waals surface area contributed by atoms with Crippen LogP contribution < -0.4 is 11.2 Å². The molecule has 26 heavy (non-hydrogen) atoms. The normalized spacial score (nSPS) is 10.9. The smallest absolute Gasteiger partial charge is 0.271 e. The lowest BCUT2D eigenvalue weighted by Gasteiger charge is -2.07. The molecule has 0 aromatic carbocycles. The maximum absolute atomic E-state index is 12.1. The van der Waals surface area contributed by atoms with Crippen molar-refractivity contribution in [3.05, 3.63) is 39.8 Å². The van der Waals surface area contributed by atoms with Crippen molar-refractivity contribution < 1.29 is 4.79 Å². The molecule has 0 aliphatic carbocycles. The number of carbonyl (C=O) groups excluding carboxylic acids is 1. The number of nitrogens with two attached hydrogens (primary N) is 1. The number of pyridine rings is 1. The minimum atomic E-state index is -0.317. The molecule has 0 aliphatic heterocycles. The van der Waals surface area contributed by atoms with Crippen LogP contribution in [0.3, 0.4) is 0 Å². The van der Waals surface area contributed by atoms with Gasteiger partial charge in [-0.2, -0.15) is 5.10 Å². The molecule has 0 spiro atoms. The molecule has 0 radical (unpaired) electrons. The largest absolute Gasteiger partial charge is 0.334 e. The van der Waals surface area contributed by atoms with Crippen molar-refractivity contribution in [3.8, 4) is 5.95 Å². The number of aryl methyl sites for hydroxylation is 2. The highest BCUT2D eigenvalue weighted by Gasteiger charge is 2.16. The Labute approximate surface area is 162 Å². The number of anilines is 1. The topological polar surface area (TPSA) is 117 Å². The van der Waals surface area contributed by atoms with Gasteiger partial charge in [-0.25, -0.2) is 14.3 Å². The first-order chi connectivity index (χ1) is 12.3. The van der Waals surface area contributed by atoms with Crippen LogP contribution in [0.2, 0.25) is 10.0 Å². The Morgan fingerprint density at radius 2 is 2.08 bits per heavy atom. The summed E-state index contributed by atoms with van der Waals surface area (Å²) in [5, 5.41) is 16.0. The van der Waals surface area contributed by atoms with Gasteiger partial charge in [-0.05, 0) is 26.0 Å². The van der Waals surface area contributed by atoms with E-state index < -0.39 is 0 Å². The predicted octanol–water partition coefficient (Wildman–Crippen LogP) is 2.23. The molecule has 3 N–H and O–H groups in total. The number of hydrogen-bond acceptors (Lipinski definition) is 7. The number of thioether (sulfide) groups is 1. The standard InChI is InChI=1S/C14H14Cl2N8OS/c1-7-3-8(2)24(22-7)13-20-21-14(23(13)17)26-6-11(25)19-12-10(16)4-9(15)5-18-12/h3-5H,6,17H2,1-2H3,(H,18,19,25). The van der Waals surface area contributed by atoms with Crippen LogP contribution in [0.15, 0.2) is 23.5 Å². The van der Waals surface area contributed by atoms with Gasteiger partial charge < -0.3 is 11.2 Å². The zero-order valence-corrected chi connectivity index (χ0v) is 16.1. The Hall–Kier alpha value is -2.30. The number of hydrogen-bond donors (Lipinski definition) is 2. The van der Waals surface area contributed by atoms with Gasteiger partial charge in [0, 0.05) is 11.9 Å². The van der Waals surface area contributed by atoms with Crippen molar-refractivity contribution in [2.45, 2.75) is 19.0 Å². The summed E-state index contributed by atoms with van der Waals surface area (Å²) in [6, 6.07) is 3.40. The third-order valence-electron chi connectivity index (χ3n) is 3.24. The molecule has 3 aromatic rings. The Balaban J connectivity index is 1.67. The first-order valence-corrected chi connectivity index (χ1v) is 9.07. The number of aromatic nitrogens is 6. The SMILES string of the molecule is Cc1cc(C)n(-c2nnc(SCC(=O)Nc3ncc(Cl)cc3Cl)n2N)n1. The molecule has 3 aromatic heterocycles. The number of nitrogen functional groups attached to an aromatic ring is 1. The molecule has 3 heterocycles. The van der Waals surface area contributed by atoms with Gasteiger partial charge in [-0.15, -0.1) is 10.2 Å². The summed E-state index contributed by atoms with van der Waals surface area (Å²) < 4.78 is 2.87. The Morgan fingerprint density at radius 3 is 2.73 bits per heavy atom. The summed E-state index contributed by atoms with van der Waals surface area (Å²) in [4.78, 5) is 16.1. The summed E-state index contributed by atoms with van der Waals surface area (Å²) in [6.07, 6.45) is 1.40. The summed E-state index contributed by atoms with van der Waals surface area (Å²) in [5.41, 5.74) is 1.71. The van der Waals surface area contributed by atoms with Gasteiger partial charge in [0.1, 0.15) is 0 Å². The summed E-state index contributed by atoms with van der Waals surface area (Å²) in [5.74, 6) is 6.35. The van der Waals surface area contributed by atoms with E-state index in [2.05, 4.69) is 25.6 Å². The van der Waals surface area contributed by atoms with Crippen LogP contribution in [0.25, 0.3) is 5.95 Å². The maximum atomic E-state index is 12.1. The van der Waals surface area contributed by atoms with Gasteiger partial charge in [0.25, 0.3) is 5.95 Å². The van der Waals surface area contributed by atoms with Crippen LogP contribution in [-0.2, 0) is 4.79 Å². The van der Waals surface area contributed by atoms with Crippen LogP contribution in [0.4, 0.5) is 5.82 Å². The Morgan fingerprint density at radius 1 is 1.31 bits per heavy atom. The number of rotatable bonds is 5. The van der Waals surface area contributed by atoms with Gasteiger partial charge in [0.15, 0.2) is 5.82 Å². The summed E-state index contributed by atoms with van der Waals surface area (Å²) >= 11 is 12.9. The number of amides is 1. The molecule has 0 saturated heterocycles. The zero-order chi connectivity index (χ0) is 18.8. The molecule has 0 atom stereocenters. The second-order valence-corrected chi connectivity index (χ2v) is 7.10. The highest BCUT2D eigenvalue weighted by molar-refractivity contribution is 7.99. The number of nitrogens with one attached hydrogen (secondary N) is 1. The molecule has 12 heteroatoms. The zero-order valence-electron chi connectivity index (χ0n) is 13.8. The molecular weight excluding hydrogens is 399 g/mol. The lowest BCUT2D eigenvalue weighted by molar-refractivity contribution is -0.113. The lowest BCUT2D eigenvalue weighted by atomic mass is 10.4. The fourth-order valence-electron chi connectivity index (χ4n) is 2.15. The van der Waals surface area contributed by atoms with E-state index in [0.717, 1.165) is 23.1 Å². The lowest BCUT2D eigenvalue weighted by Crippen LogP contribution is -2.19. The quantitative estimate of drug-likeness (QED) is 0.487. The van der Waals surface area contributed by atoms with Crippen molar-refractivity contribution in [2.24, 2.45) is 0 Å². The number of carbonyl (C=O) groups is 1. The number of nitrogens with zero attached hydrogens (tertiary/aromatic N) is 6. The van der Waals surface area contributed by atoms with Crippen LogP contribution in [0.5, 0.6) is 0 Å². The van der Waals surface area contributed by atoms with Gasteiger partial charge in [0.2, 0.25) is 11.1 Å². The maximum Gasteiger partial charge on any atom is 0.271 e. The van der Waals surface area contributed by atoms with Crippen molar-refractivity contribution in [2.75, 3.05) is 16.9 Å². The monoisotopic (exact) mass is 412 g/mol. The highest BCUT2D eigenvalue weighted by Crippen LogP contribution is 2.23. The van der Waals surface area contributed by atoms with Gasteiger partial charge >= 0.3 is 0 Å². The molecule has 0 unspecified atom stereocenters. The van der Waals surface area contributed by atoms with Gasteiger partial charge in [0.05, 0.1) is 21.5 Å². The van der Waals surface area contributed by atoms with Gasteiger partial charge in [-0.1, -0.05) is 35.0 Å².